The summed E-state index contributed by atoms with van der Waals surface area (Å²) < 4.78 is 0. The third kappa shape index (κ3) is 4.03. The second-order valence-corrected chi connectivity index (χ2v) is 5.69. The number of nitrogens with two attached hydrogens (primary N) is 1. The van der Waals surface area contributed by atoms with Crippen LogP contribution in [0.4, 0.5) is 10.9 Å². The number of carbonyl (C=O) groups is 1. The first-order valence-electron chi connectivity index (χ1n) is 5.68. The van der Waals surface area contributed by atoms with Gasteiger partial charge in [0.1, 0.15) is 10.8 Å². The number of thioether (sulfide) groups is 1. The van der Waals surface area contributed by atoms with Crippen molar-refractivity contribution < 1.29 is 4.79 Å². The molecule has 0 saturated heterocycles. The van der Waals surface area contributed by atoms with E-state index in [0.29, 0.717) is 10.3 Å². The largest absolute Gasteiger partial charge is 0.383 e. The summed E-state index contributed by atoms with van der Waals surface area (Å²) in [4.78, 5) is 29.3. The maximum Gasteiger partial charge on any atom is 0.253 e. The zero-order valence-electron chi connectivity index (χ0n) is 10.5. The van der Waals surface area contributed by atoms with Crippen molar-refractivity contribution in [1.82, 2.24) is 20.2 Å². The monoisotopic (exact) mass is 312 g/mol. The lowest BCUT2D eigenvalue weighted by atomic mass is 10.5. The van der Waals surface area contributed by atoms with Crippen LogP contribution in [0.15, 0.2) is 16.0 Å². The van der Waals surface area contributed by atoms with E-state index in [0.717, 1.165) is 23.2 Å². The Hall–Kier alpha value is -1.94. The minimum absolute atomic E-state index is 0.0907. The van der Waals surface area contributed by atoms with E-state index in [1.165, 1.54) is 17.4 Å². The molecule has 2 aromatic rings. The highest BCUT2D eigenvalue weighted by Gasteiger charge is 2.09. The predicted octanol–water partition coefficient (Wildman–Crippen LogP) is 0.497. The van der Waals surface area contributed by atoms with Crippen molar-refractivity contribution in [1.29, 1.82) is 0 Å². The molecule has 1 amide bonds. The molecule has 0 fully saturated rings. The van der Waals surface area contributed by atoms with Crippen LogP contribution in [-0.4, -0.2) is 31.8 Å². The van der Waals surface area contributed by atoms with E-state index >= 15 is 0 Å². The third-order valence-corrected chi connectivity index (χ3v) is 3.95. The molecule has 20 heavy (non-hydrogen) atoms. The number of hydrogen-bond donors (Lipinski definition) is 3. The summed E-state index contributed by atoms with van der Waals surface area (Å²) in [6, 6.07) is 1.18. The van der Waals surface area contributed by atoms with Crippen molar-refractivity contribution in [3.05, 3.63) is 21.4 Å². The van der Waals surface area contributed by atoms with Gasteiger partial charge in [-0.15, -0.1) is 10.2 Å². The number of amides is 1. The van der Waals surface area contributed by atoms with Gasteiger partial charge >= 0.3 is 0 Å². The molecule has 0 saturated carbocycles. The van der Waals surface area contributed by atoms with E-state index in [1.807, 2.05) is 6.92 Å². The summed E-state index contributed by atoms with van der Waals surface area (Å²) in [7, 11) is 0. The quantitative estimate of drug-likeness (QED) is 0.542. The minimum Gasteiger partial charge on any atom is -0.383 e. The van der Waals surface area contributed by atoms with Crippen LogP contribution in [0.5, 0.6) is 0 Å². The molecule has 0 aliphatic carbocycles. The second-order valence-electron chi connectivity index (χ2n) is 3.67. The number of nitrogen functional groups attached to an aromatic ring is 1. The van der Waals surface area contributed by atoms with Crippen molar-refractivity contribution >= 4 is 40.0 Å². The molecular formula is C10H12N6O2S2. The van der Waals surface area contributed by atoms with Crippen LogP contribution < -0.4 is 16.6 Å². The highest BCUT2D eigenvalue weighted by Crippen LogP contribution is 2.17. The summed E-state index contributed by atoms with van der Waals surface area (Å²) in [6.07, 6.45) is 0.775. The molecule has 0 aliphatic heterocycles. The van der Waals surface area contributed by atoms with Gasteiger partial charge in [0.25, 0.3) is 5.56 Å². The first kappa shape index (κ1) is 14.5. The van der Waals surface area contributed by atoms with Gasteiger partial charge in [0, 0.05) is 6.07 Å². The van der Waals surface area contributed by atoms with Crippen LogP contribution in [0.1, 0.15) is 11.9 Å². The zero-order chi connectivity index (χ0) is 14.5. The van der Waals surface area contributed by atoms with Gasteiger partial charge in [0.05, 0.1) is 5.75 Å². The summed E-state index contributed by atoms with van der Waals surface area (Å²) in [6.45, 7) is 1.96. The number of aromatic nitrogens is 4. The summed E-state index contributed by atoms with van der Waals surface area (Å²) >= 11 is 2.42. The van der Waals surface area contributed by atoms with Gasteiger partial charge in [-0.2, -0.15) is 0 Å². The highest BCUT2D eigenvalue weighted by molar-refractivity contribution is 7.99. The third-order valence-electron chi connectivity index (χ3n) is 2.10. The van der Waals surface area contributed by atoms with Gasteiger partial charge < -0.3 is 10.7 Å². The maximum atomic E-state index is 11.7. The number of aryl methyl sites for hydroxylation is 1. The maximum absolute atomic E-state index is 11.7. The number of carbonyl (C=O) groups excluding carboxylic acids is 1. The zero-order valence-corrected chi connectivity index (χ0v) is 12.2. The van der Waals surface area contributed by atoms with E-state index in [1.54, 1.807) is 0 Å². The van der Waals surface area contributed by atoms with Crippen LogP contribution in [0.3, 0.4) is 0 Å². The predicted molar refractivity (Wildman–Crippen MR) is 77.9 cm³/mol. The van der Waals surface area contributed by atoms with E-state index in [-0.39, 0.29) is 23.0 Å². The van der Waals surface area contributed by atoms with Crippen molar-refractivity contribution in [2.24, 2.45) is 0 Å². The first-order chi connectivity index (χ1) is 9.56. The molecule has 0 atom stereocenters. The van der Waals surface area contributed by atoms with Crippen molar-refractivity contribution in [3.63, 3.8) is 0 Å². The van der Waals surface area contributed by atoms with E-state index in [9.17, 15) is 9.59 Å². The molecule has 10 heteroatoms. The molecule has 2 aromatic heterocycles. The number of nitrogens with zero attached hydrogens (tertiary/aromatic N) is 3. The number of H-pyrrole nitrogens is 1. The number of nitrogens with one attached hydrogen (secondary N) is 2. The van der Waals surface area contributed by atoms with E-state index < -0.39 is 0 Å². The van der Waals surface area contributed by atoms with E-state index in [2.05, 4.69) is 25.5 Å². The van der Waals surface area contributed by atoms with Crippen LogP contribution in [0, 0.1) is 0 Å². The number of anilines is 2. The average Bonchev–Trinajstić information content (AvgIpc) is 2.83. The fraction of sp³-hybridized carbons (Fsp3) is 0.300. The minimum atomic E-state index is -0.350. The number of rotatable bonds is 5. The van der Waals surface area contributed by atoms with Gasteiger partial charge in [-0.25, -0.2) is 4.98 Å². The normalized spacial score (nSPS) is 10.4. The van der Waals surface area contributed by atoms with Gasteiger partial charge in [0.2, 0.25) is 11.0 Å². The molecule has 0 unspecified atom stereocenters. The van der Waals surface area contributed by atoms with Gasteiger partial charge in [0.15, 0.2) is 5.16 Å². The smallest absolute Gasteiger partial charge is 0.253 e. The van der Waals surface area contributed by atoms with Gasteiger partial charge in [-0.05, 0) is 6.42 Å². The average molecular weight is 312 g/mol. The van der Waals surface area contributed by atoms with Gasteiger partial charge in [-0.1, -0.05) is 30.0 Å². The SMILES string of the molecule is CCc1nnc(NC(=O)CSc2nc(N)cc(=O)[nH]2)s1. The van der Waals surface area contributed by atoms with Crippen molar-refractivity contribution in [3.8, 4) is 0 Å². The Kier molecular flexibility index (Phi) is 4.69. The molecule has 8 nitrogen and oxygen atoms in total. The Bertz CT molecular complexity index is 668. The van der Waals surface area contributed by atoms with Crippen LogP contribution in [0.25, 0.3) is 0 Å². The van der Waals surface area contributed by atoms with Crippen molar-refractivity contribution in [2.45, 2.75) is 18.5 Å². The van der Waals surface area contributed by atoms with Crippen LogP contribution in [0.2, 0.25) is 0 Å². The standard InChI is InChI=1S/C10H12N6O2S2/c1-2-8-15-16-10(20-8)14-7(18)4-19-9-12-5(11)3-6(17)13-9/h3H,2,4H2,1H3,(H,14,16,18)(H3,11,12,13,17). The Balaban J connectivity index is 1.90. The van der Waals surface area contributed by atoms with Crippen molar-refractivity contribution in [2.75, 3.05) is 16.8 Å². The second kappa shape index (κ2) is 6.48. The molecule has 0 spiro atoms. The summed E-state index contributed by atoms with van der Waals surface area (Å²) in [5.74, 6) is -0.0415. The summed E-state index contributed by atoms with van der Waals surface area (Å²) in [5.41, 5.74) is 5.10. The molecular weight excluding hydrogens is 300 g/mol. The Morgan fingerprint density at radius 1 is 1.55 bits per heavy atom. The van der Waals surface area contributed by atoms with Crippen LogP contribution >= 0.6 is 23.1 Å². The number of hydrogen-bond acceptors (Lipinski definition) is 8. The lowest BCUT2D eigenvalue weighted by Crippen LogP contribution is -2.15. The highest BCUT2D eigenvalue weighted by atomic mass is 32.2. The molecule has 0 radical (unpaired) electrons. The van der Waals surface area contributed by atoms with Crippen LogP contribution in [-0.2, 0) is 11.2 Å². The Morgan fingerprint density at radius 3 is 3.00 bits per heavy atom. The lowest BCUT2D eigenvalue weighted by molar-refractivity contribution is -0.113. The molecule has 2 rings (SSSR count). The fourth-order valence-electron chi connectivity index (χ4n) is 1.26. The van der Waals surface area contributed by atoms with Gasteiger partial charge in [-0.3, -0.25) is 14.9 Å². The fourth-order valence-corrected chi connectivity index (χ4v) is 2.64. The molecule has 0 aromatic carbocycles. The lowest BCUT2D eigenvalue weighted by Gasteiger charge is -2.01. The molecule has 4 N–H and O–H groups in total. The number of aromatic amines is 1. The Morgan fingerprint density at radius 2 is 2.35 bits per heavy atom. The molecule has 0 aliphatic rings. The first-order valence-corrected chi connectivity index (χ1v) is 7.49. The molecule has 106 valence electrons. The molecule has 2 heterocycles. The van der Waals surface area contributed by atoms with E-state index in [4.69, 9.17) is 5.73 Å². The Labute approximate surface area is 122 Å². The summed E-state index contributed by atoms with van der Waals surface area (Å²) in [5, 5.41) is 12.0. The topological polar surface area (TPSA) is 127 Å². The molecule has 0 bridgehead atoms.